The van der Waals surface area contributed by atoms with Crippen LogP contribution in [-0.4, -0.2) is 35.5 Å². The average Bonchev–Trinajstić information content (AvgIpc) is 3.17. The van der Waals surface area contributed by atoms with Crippen LogP contribution in [0.15, 0.2) is 27.2 Å². The van der Waals surface area contributed by atoms with Gasteiger partial charge in [-0.05, 0) is 38.4 Å². The van der Waals surface area contributed by atoms with Gasteiger partial charge in [0.1, 0.15) is 11.8 Å². The van der Waals surface area contributed by atoms with Crippen molar-refractivity contribution in [3.05, 3.63) is 29.9 Å². The minimum absolute atomic E-state index is 0.174. The van der Waals surface area contributed by atoms with Gasteiger partial charge < -0.3 is 13.6 Å². The average molecular weight is 304 g/mol. The number of nitrogens with zero attached hydrogens (tertiary/aromatic N) is 2. The van der Waals surface area contributed by atoms with Gasteiger partial charge in [0, 0.05) is 6.54 Å². The quantitative estimate of drug-likeness (QED) is 0.809. The zero-order chi connectivity index (χ0) is 15.5. The lowest BCUT2D eigenvalue weighted by atomic mass is 10.0. The van der Waals surface area contributed by atoms with Gasteiger partial charge in [-0.15, -0.1) is 0 Å². The summed E-state index contributed by atoms with van der Waals surface area (Å²) in [6.45, 7) is 3.32. The molecular weight excluding hydrogens is 284 g/mol. The Hall–Kier alpha value is -2.08. The summed E-state index contributed by atoms with van der Waals surface area (Å²) in [5.74, 6) is 1.66. The number of rotatable bonds is 4. The molecule has 1 fully saturated rings. The Morgan fingerprint density at radius 3 is 3.09 bits per heavy atom. The molecule has 22 heavy (non-hydrogen) atoms. The van der Waals surface area contributed by atoms with Crippen LogP contribution in [0.4, 0.5) is 0 Å². The van der Waals surface area contributed by atoms with E-state index in [1.54, 1.807) is 12.3 Å². The number of hydrogen-bond donors (Lipinski definition) is 0. The second-order valence-electron chi connectivity index (χ2n) is 5.50. The van der Waals surface area contributed by atoms with Crippen molar-refractivity contribution in [1.82, 2.24) is 9.88 Å². The molecule has 1 atom stereocenters. The van der Waals surface area contributed by atoms with Gasteiger partial charge in [0.05, 0.1) is 19.1 Å². The van der Waals surface area contributed by atoms with Crippen molar-refractivity contribution in [2.75, 3.05) is 13.7 Å². The van der Waals surface area contributed by atoms with Crippen molar-refractivity contribution >= 4 is 5.97 Å². The highest BCUT2D eigenvalue weighted by Crippen LogP contribution is 2.25. The normalized spacial score (nSPS) is 19.3. The number of esters is 1. The number of piperidine rings is 1. The van der Waals surface area contributed by atoms with E-state index in [4.69, 9.17) is 13.6 Å². The zero-order valence-corrected chi connectivity index (χ0v) is 12.9. The molecule has 0 bridgehead atoms. The molecule has 118 valence electrons. The highest BCUT2D eigenvalue weighted by molar-refractivity contribution is 5.75. The zero-order valence-electron chi connectivity index (χ0n) is 12.9. The molecule has 6 heteroatoms. The van der Waals surface area contributed by atoms with E-state index in [0.717, 1.165) is 37.3 Å². The van der Waals surface area contributed by atoms with Crippen LogP contribution in [0.3, 0.4) is 0 Å². The summed E-state index contributed by atoms with van der Waals surface area (Å²) in [6, 6.07) is 3.42. The maximum Gasteiger partial charge on any atom is 0.323 e. The van der Waals surface area contributed by atoms with E-state index in [-0.39, 0.29) is 12.0 Å². The largest absolute Gasteiger partial charge is 0.468 e. The second kappa shape index (κ2) is 6.36. The Morgan fingerprint density at radius 2 is 2.36 bits per heavy atom. The van der Waals surface area contributed by atoms with Crippen LogP contribution in [0, 0.1) is 6.92 Å². The maximum atomic E-state index is 11.9. The fourth-order valence-electron chi connectivity index (χ4n) is 2.86. The fourth-order valence-corrected chi connectivity index (χ4v) is 2.86. The lowest BCUT2D eigenvalue weighted by molar-refractivity contribution is -0.148. The molecule has 2 aromatic rings. The first-order valence-electron chi connectivity index (χ1n) is 7.51. The fraction of sp³-hybridized carbons (Fsp3) is 0.500. The third-order valence-corrected chi connectivity index (χ3v) is 4.06. The van der Waals surface area contributed by atoms with Crippen molar-refractivity contribution in [2.45, 2.75) is 38.8 Å². The highest BCUT2D eigenvalue weighted by atomic mass is 16.5. The van der Waals surface area contributed by atoms with Gasteiger partial charge in [-0.2, -0.15) is 0 Å². The minimum Gasteiger partial charge on any atom is -0.468 e. The first-order chi connectivity index (χ1) is 10.7. The van der Waals surface area contributed by atoms with Crippen molar-refractivity contribution in [3.63, 3.8) is 0 Å². The van der Waals surface area contributed by atoms with Crippen molar-refractivity contribution < 1.29 is 18.4 Å². The Labute approximate surface area is 129 Å². The predicted octanol–water partition coefficient (Wildman–Crippen LogP) is 2.77. The number of carbonyl (C=O) groups excluding carboxylic acids is 1. The van der Waals surface area contributed by atoms with Gasteiger partial charge in [0.2, 0.25) is 0 Å². The molecule has 0 radical (unpaired) electrons. The number of ether oxygens (including phenoxy) is 1. The van der Waals surface area contributed by atoms with E-state index in [2.05, 4.69) is 9.88 Å². The van der Waals surface area contributed by atoms with Gasteiger partial charge in [0.25, 0.3) is 5.89 Å². The summed E-state index contributed by atoms with van der Waals surface area (Å²) < 4.78 is 15.9. The number of carbonyl (C=O) groups is 1. The molecule has 3 heterocycles. The summed E-state index contributed by atoms with van der Waals surface area (Å²) in [5.41, 5.74) is 0.835. The van der Waals surface area contributed by atoms with Crippen molar-refractivity contribution in [3.8, 4) is 11.7 Å². The van der Waals surface area contributed by atoms with Crippen LogP contribution < -0.4 is 0 Å². The smallest absolute Gasteiger partial charge is 0.323 e. The van der Waals surface area contributed by atoms with Crippen LogP contribution in [0.5, 0.6) is 0 Å². The molecule has 0 N–H and O–H groups in total. The molecule has 0 aromatic carbocycles. The highest BCUT2D eigenvalue weighted by Gasteiger charge is 2.30. The SMILES string of the molecule is COC(=O)[C@@H]1CCCCN1Cc1nc(-c2ccco2)oc1C. The second-order valence-corrected chi connectivity index (χ2v) is 5.50. The molecule has 1 saturated heterocycles. The Morgan fingerprint density at radius 1 is 1.50 bits per heavy atom. The lowest BCUT2D eigenvalue weighted by Gasteiger charge is -2.33. The van der Waals surface area contributed by atoms with Crippen LogP contribution in [0.25, 0.3) is 11.7 Å². The molecule has 1 aliphatic heterocycles. The molecule has 3 rings (SSSR count). The van der Waals surface area contributed by atoms with Crippen LogP contribution >= 0.6 is 0 Å². The standard InChI is InChI=1S/C16H20N2O4/c1-11-12(17-15(22-11)14-7-5-9-21-14)10-18-8-4-3-6-13(18)16(19)20-2/h5,7,9,13H,3-4,6,8,10H2,1-2H3/t13-/m0/s1. The van der Waals surface area contributed by atoms with E-state index < -0.39 is 0 Å². The number of hydrogen-bond acceptors (Lipinski definition) is 6. The molecule has 0 amide bonds. The molecular formula is C16H20N2O4. The van der Waals surface area contributed by atoms with E-state index >= 15 is 0 Å². The summed E-state index contributed by atoms with van der Waals surface area (Å²) in [4.78, 5) is 18.6. The summed E-state index contributed by atoms with van der Waals surface area (Å²) in [5, 5.41) is 0. The third kappa shape index (κ3) is 2.92. The Kier molecular flexibility index (Phi) is 4.29. The van der Waals surface area contributed by atoms with E-state index in [0.29, 0.717) is 18.2 Å². The van der Waals surface area contributed by atoms with E-state index in [1.165, 1.54) is 7.11 Å². The summed E-state index contributed by atoms with van der Waals surface area (Å²) >= 11 is 0. The molecule has 0 aliphatic carbocycles. The van der Waals surface area contributed by atoms with Crippen molar-refractivity contribution in [2.24, 2.45) is 0 Å². The number of aryl methyl sites for hydroxylation is 1. The van der Waals surface area contributed by atoms with Crippen molar-refractivity contribution in [1.29, 1.82) is 0 Å². The van der Waals surface area contributed by atoms with Gasteiger partial charge in [-0.1, -0.05) is 6.42 Å². The molecule has 6 nitrogen and oxygen atoms in total. The number of likely N-dealkylation sites (tertiary alicyclic amines) is 1. The first kappa shape index (κ1) is 14.8. The Bertz CT molecular complexity index is 633. The molecule has 0 spiro atoms. The third-order valence-electron chi connectivity index (χ3n) is 4.06. The van der Waals surface area contributed by atoms with Crippen LogP contribution in [0.2, 0.25) is 0 Å². The first-order valence-corrected chi connectivity index (χ1v) is 7.51. The predicted molar refractivity (Wildman–Crippen MR) is 79.0 cm³/mol. The number of oxazole rings is 1. The van der Waals surface area contributed by atoms with Gasteiger partial charge in [-0.3, -0.25) is 9.69 Å². The van der Waals surface area contributed by atoms with Crippen LogP contribution in [-0.2, 0) is 16.1 Å². The Balaban J connectivity index is 1.78. The number of furan rings is 1. The van der Waals surface area contributed by atoms with Crippen LogP contribution in [0.1, 0.15) is 30.7 Å². The van der Waals surface area contributed by atoms with E-state index in [1.807, 2.05) is 13.0 Å². The van der Waals surface area contributed by atoms with Gasteiger partial charge in [-0.25, -0.2) is 4.98 Å². The van der Waals surface area contributed by atoms with Gasteiger partial charge in [0.15, 0.2) is 5.76 Å². The van der Waals surface area contributed by atoms with E-state index in [9.17, 15) is 4.79 Å². The molecule has 0 saturated carbocycles. The summed E-state index contributed by atoms with van der Waals surface area (Å²) in [6.07, 6.45) is 4.54. The molecule has 1 aliphatic rings. The summed E-state index contributed by atoms with van der Waals surface area (Å²) in [7, 11) is 1.44. The minimum atomic E-state index is -0.193. The topological polar surface area (TPSA) is 68.7 Å². The number of aromatic nitrogens is 1. The van der Waals surface area contributed by atoms with Gasteiger partial charge >= 0.3 is 5.97 Å². The molecule has 2 aromatic heterocycles. The lowest BCUT2D eigenvalue weighted by Crippen LogP contribution is -2.44. The monoisotopic (exact) mass is 304 g/mol. The molecule has 0 unspecified atom stereocenters. The number of methoxy groups -OCH3 is 1. The maximum absolute atomic E-state index is 11.9.